The molecule has 0 saturated carbocycles. The summed E-state index contributed by atoms with van der Waals surface area (Å²) in [5.41, 5.74) is 6.55. The van der Waals surface area contributed by atoms with Crippen molar-refractivity contribution < 1.29 is 18.3 Å². The number of aromatic nitrogens is 2. The Balaban J connectivity index is 1.96. The van der Waals surface area contributed by atoms with E-state index in [2.05, 4.69) is 20.1 Å². The number of nitrogens with zero attached hydrogens (tertiary/aromatic N) is 3. The Kier molecular flexibility index (Phi) is 5.00. The molecule has 0 spiro atoms. The lowest BCUT2D eigenvalue weighted by atomic mass is 10.2. The van der Waals surface area contributed by atoms with Gasteiger partial charge in [0.05, 0.1) is 4.90 Å². The van der Waals surface area contributed by atoms with Gasteiger partial charge in [-0.05, 0) is 34.4 Å². The third-order valence-electron chi connectivity index (χ3n) is 2.69. The van der Waals surface area contributed by atoms with Gasteiger partial charge in [0.2, 0.25) is 10.0 Å². The third kappa shape index (κ3) is 3.96. The van der Waals surface area contributed by atoms with Crippen molar-refractivity contribution in [1.29, 1.82) is 0 Å². The lowest BCUT2D eigenvalue weighted by molar-refractivity contribution is 0.296. The number of hydrogen-bond acceptors (Lipinski definition) is 8. The fraction of sp³-hybridized carbons (Fsp3) is 0.182. The van der Waals surface area contributed by atoms with Crippen LogP contribution < -0.4 is 10.9 Å². The van der Waals surface area contributed by atoms with Gasteiger partial charge in [0, 0.05) is 5.75 Å². The SMILES string of the molecule is N/C(=N\O)c1nonc1SCCc1ccc(S(N)(=O)=O)cc1. The van der Waals surface area contributed by atoms with Gasteiger partial charge in [0.15, 0.2) is 16.6 Å². The van der Waals surface area contributed by atoms with Gasteiger partial charge < -0.3 is 10.9 Å². The van der Waals surface area contributed by atoms with Crippen LogP contribution in [0.25, 0.3) is 0 Å². The number of amidine groups is 1. The molecule has 0 fully saturated rings. The summed E-state index contributed by atoms with van der Waals surface area (Å²) in [7, 11) is -3.68. The Labute approximate surface area is 130 Å². The van der Waals surface area contributed by atoms with E-state index in [4.69, 9.17) is 16.1 Å². The van der Waals surface area contributed by atoms with Crippen LogP contribution in [-0.4, -0.2) is 35.5 Å². The highest BCUT2D eigenvalue weighted by atomic mass is 32.2. The molecule has 0 aliphatic rings. The lowest BCUT2D eigenvalue weighted by Crippen LogP contribution is -2.14. The minimum absolute atomic E-state index is 0.0684. The van der Waals surface area contributed by atoms with Crippen molar-refractivity contribution in [3.05, 3.63) is 35.5 Å². The maximum Gasteiger partial charge on any atom is 0.238 e. The average molecular weight is 343 g/mol. The minimum atomic E-state index is -3.68. The third-order valence-corrected chi connectivity index (χ3v) is 4.57. The number of benzene rings is 1. The molecular weight excluding hydrogens is 330 g/mol. The van der Waals surface area contributed by atoms with E-state index in [0.717, 1.165) is 5.56 Å². The van der Waals surface area contributed by atoms with E-state index in [-0.39, 0.29) is 16.4 Å². The maximum atomic E-state index is 11.1. The van der Waals surface area contributed by atoms with E-state index in [1.807, 2.05) is 0 Å². The molecule has 0 aliphatic carbocycles. The van der Waals surface area contributed by atoms with Crippen LogP contribution in [0.2, 0.25) is 0 Å². The second-order valence-corrected chi connectivity index (χ2v) is 6.84. The molecule has 2 aromatic rings. The van der Waals surface area contributed by atoms with Crippen LogP contribution in [0.5, 0.6) is 0 Å². The van der Waals surface area contributed by atoms with Crippen LogP contribution in [0.4, 0.5) is 0 Å². The first-order chi connectivity index (χ1) is 10.4. The van der Waals surface area contributed by atoms with Gasteiger partial charge in [-0.1, -0.05) is 17.3 Å². The molecule has 0 amide bonds. The Bertz CT molecular complexity index is 770. The predicted octanol–water partition coefficient (Wildman–Crippen LogP) is 0.146. The highest BCUT2D eigenvalue weighted by molar-refractivity contribution is 7.99. The largest absolute Gasteiger partial charge is 0.409 e. The summed E-state index contributed by atoms with van der Waals surface area (Å²) in [4.78, 5) is 0.0684. The maximum absolute atomic E-state index is 11.1. The second-order valence-electron chi connectivity index (χ2n) is 4.19. The number of thioether (sulfide) groups is 1. The number of oxime groups is 1. The van der Waals surface area contributed by atoms with Crippen molar-refractivity contribution in [2.24, 2.45) is 16.0 Å². The van der Waals surface area contributed by atoms with Crippen molar-refractivity contribution in [2.45, 2.75) is 16.3 Å². The second kappa shape index (κ2) is 6.77. The molecule has 9 nitrogen and oxygen atoms in total. The Morgan fingerprint density at radius 3 is 2.59 bits per heavy atom. The van der Waals surface area contributed by atoms with Crippen molar-refractivity contribution in [3.8, 4) is 0 Å². The van der Waals surface area contributed by atoms with Gasteiger partial charge in [-0.25, -0.2) is 18.2 Å². The van der Waals surface area contributed by atoms with Crippen LogP contribution in [0.15, 0.2) is 44.0 Å². The first-order valence-electron chi connectivity index (χ1n) is 5.97. The number of primary sulfonamides is 1. The molecule has 0 bridgehead atoms. The molecule has 118 valence electrons. The van der Waals surface area contributed by atoms with E-state index in [9.17, 15) is 8.42 Å². The Hall–Kier alpha value is -2.11. The smallest absolute Gasteiger partial charge is 0.238 e. The van der Waals surface area contributed by atoms with Crippen molar-refractivity contribution in [2.75, 3.05) is 5.75 Å². The zero-order valence-corrected chi connectivity index (χ0v) is 12.8. The standard InChI is InChI=1S/C11H13N5O4S2/c12-10(14-17)9-11(16-20-15-9)21-6-5-7-1-3-8(4-2-7)22(13,18)19/h1-4,17H,5-6H2,(H2,12,14)(H2,13,18,19). The molecular formula is C11H13N5O4S2. The molecule has 0 saturated heterocycles. The van der Waals surface area contributed by atoms with Crippen LogP contribution in [-0.2, 0) is 16.4 Å². The summed E-state index contributed by atoms with van der Waals surface area (Å²) in [5.74, 6) is 0.440. The van der Waals surface area contributed by atoms with E-state index in [0.29, 0.717) is 17.2 Å². The van der Waals surface area contributed by atoms with Gasteiger partial charge in [0.25, 0.3) is 0 Å². The van der Waals surface area contributed by atoms with Gasteiger partial charge >= 0.3 is 0 Å². The number of aryl methyl sites for hydroxylation is 1. The molecule has 1 aromatic heterocycles. The quantitative estimate of drug-likeness (QED) is 0.220. The Morgan fingerprint density at radius 1 is 1.32 bits per heavy atom. The molecule has 1 heterocycles. The fourth-order valence-electron chi connectivity index (χ4n) is 1.59. The lowest BCUT2D eigenvalue weighted by Gasteiger charge is -2.02. The minimum Gasteiger partial charge on any atom is -0.409 e. The number of nitrogens with two attached hydrogens (primary N) is 2. The van der Waals surface area contributed by atoms with Gasteiger partial charge in [-0.2, -0.15) is 0 Å². The van der Waals surface area contributed by atoms with Crippen molar-refractivity contribution in [1.82, 2.24) is 10.3 Å². The topological polar surface area (TPSA) is 158 Å². The molecule has 0 radical (unpaired) electrons. The summed E-state index contributed by atoms with van der Waals surface area (Å²) in [6.45, 7) is 0. The first-order valence-corrected chi connectivity index (χ1v) is 8.50. The molecule has 0 aliphatic heterocycles. The molecule has 1 aromatic carbocycles. The van der Waals surface area contributed by atoms with Crippen LogP contribution in [0.3, 0.4) is 0 Å². The summed E-state index contributed by atoms with van der Waals surface area (Å²) in [5, 5.41) is 24.1. The van der Waals surface area contributed by atoms with Gasteiger partial charge in [0.1, 0.15) is 0 Å². The average Bonchev–Trinajstić information content (AvgIpc) is 2.94. The zero-order chi connectivity index (χ0) is 16.2. The zero-order valence-electron chi connectivity index (χ0n) is 11.2. The molecule has 2 rings (SSSR count). The number of hydrogen-bond donors (Lipinski definition) is 3. The summed E-state index contributed by atoms with van der Waals surface area (Å²) in [6, 6.07) is 6.28. The van der Waals surface area contributed by atoms with E-state index in [1.54, 1.807) is 12.1 Å². The van der Waals surface area contributed by atoms with Gasteiger partial charge in [-0.15, -0.1) is 11.8 Å². The normalized spacial score (nSPS) is 12.5. The van der Waals surface area contributed by atoms with E-state index < -0.39 is 10.0 Å². The van der Waals surface area contributed by atoms with Crippen LogP contribution >= 0.6 is 11.8 Å². The van der Waals surface area contributed by atoms with Crippen molar-refractivity contribution in [3.63, 3.8) is 0 Å². The highest BCUT2D eigenvalue weighted by Crippen LogP contribution is 2.20. The Morgan fingerprint density at radius 2 is 2.00 bits per heavy atom. The predicted molar refractivity (Wildman–Crippen MR) is 79.1 cm³/mol. The van der Waals surface area contributed by atoms with Gasteiger partial charge in [-0.3, -0.25) is 0 Å². The van der Waals surface area contributed by atoms with Crippen LogP contribution in [0.1, 0.15) is 11.3 Å². The molecule has 22 heavy (non-hydrogen) atoms. The molecule has 0 atom stereocenters. The first kappa shape index (κ1) is 16.3. The van der Waals surface area contributed by atoms with E-state index in [1.165, 1.54) is 23.9 Å². The summed E-state index contributed by atoms with van der Waals surface area (Å²) < 4.78 is 26.8. The van der Waals surface area contributed by atoms with Crippen molar-refractivity contribution >= 4 is 27.6 Å². The van der Waals surface area contributed by atoms with Crippen LogP contribution in [0, 0.1) is 0 Å². The van der Waals surface area contributed by atoms with E-state index >= 15 is 0 Å². The summed E-state index contributed by atoms with van der Waals surface area (Å²) >= 11 is 1.32. The monoisotopic (exact) mass is 343 g/mol. The fourth-order valence-corrected chi connectivity index (χ4v) is 3.00. The molecule has 0 unspecified atom stereocenters. The molecule has 11 heteroatoms. The highest BCUT2D eigenvalue weighted by Gasteiger charge is 2.14. The molecule has 5 N–H and O–H groups in total. The number of sulfonamides is 1. The summed E-state index contributed by atoms with van der Waals surface area (Å²) in [6.07, 6.45) is 0.651. The number of rotatable bonds is 6.